The van der Waals surface area contributed by atoms with Gasteiger partial charge in [0, 0.05) is 31.1 Å². The van der Waals surface area contributed by atoms with Gasteiger partial charge in [-0.15, -0.1) is 0 Å². The quantitative estimate of drug-likeness (QED) is 0.524. The van der Waals surface area contributed by atoms with Crippen LogP contribution in [0.2, 0.25) is 0 Å². The van der Waals surface area contributed by atoms with Crippen molar-refractivity contribution in [2.75, 3.05) is 0 Å². The molecule has 0 spiro atoms. The first-order chi connectivity index (χ1) is 12.0. The minimum Gasteiger partial charge on any atom is -0.458 e. The van der Waals surface area contributed by atoms with Crippen LogP contribution in [-0.4, -0.2) is 23.6 Å². The van der Waals surface area contributed by atoms with Crippen LogP contribution in [0.1, 0.15) is 60.8 Å². The summed E-state index contributed by atoms with van der Waals surface area (Å²) in [6.07, 6.45) is 3.70. The van der Waals surface area contributed by atoms with Crippen molar-refractivity contribution in [3.63, 3.8) is 0 Å². The lowest BCUT2D eigenvalue weighted by Crippen LogP contribution is -2.26. The number of carbonyl (C=O) groups is 3. The van der Waals surface area contributed by atoms with Gasteiger partial charge in [0.15, 0.2) is 0 Å². The minimum atomic E-state index is -0.379. The molecule has 2 fully saturated rings. The molecule has 26 heavy (non-hydrogen) atoms. The third-order valence-electron chi connectivity index (χ3n) is 7.24. The van der Waals surface area contributed by atoms with E-state index in [2.05, 4.69) is 13.8 Å². The van der Waals surface area contributed by atoms with E-state index >= 15 is 0 Å². The molecule has 4 heteroatoms. The van der Waals surface area contributed by atoms with Crippen molar-refractivity contribution in [1.29, 1.82) is 0 Å². The van der Waals surface area contributed by atoms with E-state index < -0.39 is 0 Å². The van der Waals surface area contributed by atoms with Crippen LogP contribution < -0.4 is 0 Å². The fourth-order valence-corrected chi connectivity index (χ4v) is 5.37. The van der Waals surface area contributed by atoms with Crippen molar-refractivity contribution in [2.45, 2.75) is 66.9 Å². The molecule has 0 unspecified atom stereocenters. The van der Waals surface area contributed by atoms with Crippen LogP contribution in [0.25, 0.3) is 0 Å². The van der Waals surface area contributed by atoms with Crippen LogP contribution in [-0.2, 0) is 19.1 Å². The second-order valence-corrected chi connectivity index (χ2v) is 9.49. The molecule has 0 aromatic carbocycles. The van der Waals surface area contributed by atoms with Gasteiger partial charge in [0.2, 0.25) is 0 Å². The highest BCUT2D eigenvalue weighted by Crippen LogP contribution is 2.63. The van der Waals surface area contributed by atoms with Gasteiger partial charge in [-0.25, -0.2) is 0 Å². The Balaban J connectivity index is 1.97. The SMILES string of the molecule is CC(=O)O[C@H]1/C2=C/[C@@H](C)C(=O)C[C@H]3[C@@H](C[C@@H](C)C(=O)[C@H]2C[C@H]1C)C3(C)C. The first kappa shape index (κ1) is 19.3. The predicted octanol–water partition coefficient (Wildman–Crippen LogP) is 3.98. The molecule has 0 bridgehead atoms. The topological polar surface area (TPSA) is 60.4 Å². The van der Waals surface area contributed by atoms with E-state index in [1.807, 2.05) is 26.8 Å². The van der Waals surface area contributed by atoms with Crippen LogP contribution in [0.5, 0.6) is 0 Å². The Kier molecular flexibility index (Phi) is 4.91. The smallest absolute Gasteiger partial charge is 0.303 e. The van der Waals surface area contributed by atoms with Gasteiger partial charge in [-0.3, -0.25) is 14.4 Å². The summed E-state index contributed by atoms with van der Waals surface area (Å²) in [6.45, 7) is 11.8. The van der Waals surface area contributed by atoms with Crippen LogP contribution in [0.3, 0.4) is 0 Å². The van der Waals surface area contributed by atoms with Crippen LogP contribution >= 0.6 is 0 Å². The predicted molar refractivity (Wildman–Crippen MR) is 99.2 cm³/mol. The van der Waals surface area contributed by atoms with Crippen molar-refractivity contribution in [3.05, 3.63) is 11.6 Å². The molecule has 0 aliphatic heterocycles. The summed E-state index contributed by atoms with van der Waals surface area (Å²) in [6, 6.07) is 0. The number of hydrogen-bond donors (Lipinski definition) is 0. The second kappa shape index (κ2) is 6.61. The Morgan fingerprint density at radius 2 is 1.77 bits per heavy atom. The highest BCUT2D eigenvalue weighted by Gasteiger charge is 2.58. The molecular weight excluding hydrogens is 328 g/mol. The number of ether oxygens (including phenoxy) is 1. The zero-order valence-corrected chi connectivity index (χ0v) is 16.9. The Bertz CT molecular complexity index is 659. The van der Waals surface area contributed by atoms with E-state index in [1.54, 1.807) is 0 Å². The first-order valence-corrected chi connectivity index (χ1v) is 9.99. The average molecular weight is 360 g/mol. The lowest BCUT2D eigenvalue weighted by Gasteiger charge is -2.21. The summed E-state index contributed by atoms with van der Waals surface area (Å²) < 4.78 is 5.55. The molecule has 7 atom stereocenters. The number of rotatable bonds is 1. The van der Waals surface area contributed by atoms with Crippen molar-refractivity contribution in [3.8, 4) is 0 Å². The van der Waals surface area contributed by atoms with Crippen LogP contribution in [0, 0.1) is 40.9 Å². The maximum Gasteiger partial charge on any atom is 0.303 e. The molecule has 2 saturated carbocycles. The molecule has 0 N–H and O–H groups in total. The monoisotopic (exact) mass is 360 g/mol. The molecule has 0 aromatic rings. The summed E-state index contributed by atoms with van der Waals surface area (Å²) in [5.74, 6) is 0.591. The average Bonchev–Trinajstić information content (AvgIpc) is 2.89. The largest absolute Gasteiger partial charge is 0.458 e. The molecule has 0 aromatic heterocycles. The van der Waals surface area contributed by atoms with E-state index in [0.29, 0.717) is 24.7 Å². The Hall–Kier alpha value is -1.45. The molecule has 0 saturated heterocycles. The number of fused-ring (bicyclic) bond motifs is 2. The van der Waals surface area contributed by atoms with E-state index in [9.17, 15) is 14.4 Å². The van der Waals surface area contributed by atoms with E-state index in [0.717, 1.165) is 12.0 Å². The van der Waals surface area contributed by atoms with E-state index in [-0.39, 0.29) is 52.7 Å². The summed E-state index contributed by atoms with van der Waals surface area (Å²) >= 11 is 0. The normalized spacial score (nSPS) is 44.2. The highest BCUT2D eigenvalue weighted by atomic mass is 16.5. The van der Waals surface area contributed by atoms with Crippen LogP contribution in [0.15, 0.2) is 11.6 Å². The lowest BCUT2D eigenvalue weighted by atomic mass is 9.84. The Morgan fingerprint density at radius 3 is 2.38 bits per heavy atom. The third-order valence-corrected chi connectivity index (χ3v) is 7.24. The van der Waals surface area contributed by atoms with Crippen molar-refractivity contribution >= 4 is 17.5 Å². The van der Waals surface area contributed by atoms with Crippen LogP contribution in [0.4, 0.5) is 0 Å². The van der Waals surface area contributed by atoms with Gasteiger partial charge in [-0.2, -0.15) is 0 Å². The van der Waals surface area contributed by atoms with Gasteiger partial charge < -0.3 is 4.74 Å². The molecular formula is C22H32O4. The summed E-state index contributed by atoms with van der Waals surface area (Å²) in [4.78, 5) is 37.6. The van der Waals surface area contributed by atoms with Gasteiger partial charge >= 0.3 is 5.97 Å². The standard InChI is InChI=1S/C22H32O4/c1-11-7-16-15(8-13(3)21(16)26-14(4)23)20(25)12(2)9-17-18(10-19(11)24)22(17,5)6/h7,11-13,15,17-18,21H,8-10H2,1-6H3/b16-7+/t11-,12-,13-,15+,17-,18+,21-/m1/s1. The van der Waals surface area contributed by atoms with Crippen molar-refractivity contribution in [2.24, 2.45) is 40.9 Å². The molecule has 0 heterocycles. The van der Waals surface area contributed by atoms with Crippen molar-refractivity contribution < 1.29 is 19.1 Å². The number of allylic oxidation sites excluding steroid dienone is 1. The second-order valence-electron chi connectivity index (χ2n) is 9.49. The molecule has 0 amide bonds. The van der Waals surface area contributed by atoms with Gasteiger partial charge in [-0.1, -0.05) is 40.7 Å². The number of hydrogen-bond acceptors (Lipinski definition) is 4. The molecule has 4 nitrogen and oxygen atoms in total. The maximum absolute atomic E-state index is 13.2. The highest BCUT2D eigenvalue weighted by molar-refractivity contribution is 5.88. The fraction of sp³-hybridized carbons (Fsp3) is 0.773. The van der Waals surface area contributed by atoms with E-state index in [1.165, 1.54) is 6.92 Å². The van der Waals surface area contributed by atoms with Gasteiger partial charge in [0.1, 0.15) is 17.7 Å². The summed E-state index contributed by atoms with van der Waals surface area (Å²) in [5, 5.41) is 0. The molecule has 3 aliphatic rings. The van der Waals surface area contributed by atoms with E-state index in [4.69, 9.17) is 4.74 Å². The number of esters is 1. The lowest BCUT2D eigenvalue weighted by molar-refractivity contribution is -0.146. The number of ketones is 2. The van der Waals surface area contributed by atoms with Gasteiger partial charge in [0.25, 0.3) is 0 Å². The Labute approximate surface area is 156 Å². The molecule has 144 valence electrons. The van der Waals surface area contributed by atoms with Gasteiger partial charge in [-0.05, 0) is 41.6 Å². The molecule has 3 rings (SSSR count). The zero-order chi connectivity index (χ0) is 19.4. The number of Topliss-reactive ketones (excluding diaryl/α,β-unsaturated/α-hetero) is 2. The summed E-state index contributed by atoms with van der Waals surface area (Å²) in [5.41, 5.74) is 1.01. The first-order valence-electron chi connectivity index (χ1n) is 9.99. The molecule has 3 aliphatic carbocycles. The minimum absolute atomic E-state index is 0.0236. The fourth-order valence-electron chi connectivity index (χ4n) is 5.37. The third kappa shape index (κ3) is 3.27. The zero-order valence-electron chi connectivity index (χ0n) is 16.9. The van der Waals surface area contributed by atoms with Gasteiger partial charge in [0.05, 0.1) is 0 Å². The Morgan fingerprint density at radius 1 is 1.12 bits per heavy atom. The number of carbonyl (C=O) groups excluding carboxylic acids is 3. The summed E-state index contributed by atoms with van der Waals surface area (Å²) in [7, 11) is 0. The molecule has 0 radical (unpaired) electrons. The maximum atomic E-state index is 13.2. The van der Waals surface area contributed by atoms with Crippen molar-refractivity contribution in [1.82, 2.24) is 0 Å².